The molecule has 110 valence electrons. The molecule has 3 nitrogen and oxygen atoms in total. The van der Waals surface area contributed by atoms with Gasteiger partial charge in [-0.3, -0.25) is 4.79 Å². The van der Waals surface area contributed by atoms with Crippen molar-refractivity contribution in [2.45, 2.75) is 19.3 Å². The summed E-state index contributed by atoms with van der Waals surface area (Å²) in [4.78, 5) is 12.2. The number of allylic oxidation sites excluding steroid dienone is 1. The number of furan rings is 1. The third-order valence-corrected chi connectivity index (χ3v) is 3.89. The Bertz CT molecular complexity index is 797. The molecule has 1 aromatic heterocycles. The average Bonchev–Trinajstić information content (AvgIpc) is 3.07. The molecule has 1 heterocycles. The first-order valence-corrected chi connectivity index (χ1v) is 7.11. The van der Waals surface area contributed by atoms with Crippen molar-refractivity contribution in [1.29, 1.82) is 5.26 Å². The van der Waals surface area contributed by atoms with Crippen molar-refractivity contribution in [1.82, 2.24) is 0 Å². The second-order valence-electron chi connectivity index (χ2n) is 5.54. The molecule has 3 rings (SSSR count). The summed E-state index contributed by atoms with van der Waals surface area (Å²) in [6.07, 6.45) is 2.46. The maximum atomic E-state index is 13.7. The Kier molecular flexibility index (Phi) is 3.64. The summed E-state index contributed by atoms with van der Waals surface area (Å²) in [5, 5.41) is 9.18. The highest BCUT2D eigenvalue weighted by Crippen LogP contribution is 2.47. The van der Waals surface area contributed by atoms with Crippen LogP contribution in [0.25, 0.3) is 6.08 Å². The SMILES string of the molecule is C[C@@H]1C[C@H]1c1ccc(/C=C(\C#N)C(=O)c2ccccc2F)o1. The first-order chi connectivity index (χ1) is 10.6. The highest BCUT2D eigenvalue weighted by Gasteiger charge is 2.36. The fraction of sp³-hybridized carbons (Fsp3) is 0.222. The van der Waals surface area contributed by atoms with Gasteiger partial charge in [-0.05, 0) is 36.6 Å². The molecule has 4 heteroatoms. The molecule has 0 bridgehead atoms. The number of carbonyl (C=O) groups is 1. The standard InChI is InChI=1S/C18H14FNO2/c1-11-8-15(11)17-7-6-13(22-17)9-12(10-20)18(21)14-4-2-3-5-16(14)19/h2-7,9,11,15H,8H2,1H3/b12-9+/t11-,15-/m1/s1. The van der Waals surface area contributed by atoms with Crippen molar-refractivity contribution in [3.05, 3.63) is 64.9 Å². The van der Waals surface area contributed by atoms with Gasteiger partial charge in [0.1, 0.15) is 29.0 Å². The van der Waals surface area contributed by atoms with E-state index >= 15 is 0 Å². The summed E-state index contributed by atoms with van der Waals surface area (Å²) >= 11 is 0. The number of rotatable bonds is 4. The van der Waals surface area contributed by atoms with Crippen LogP contribution in [-0.4, -0.2) is 5.78 Å². The maximum absolute atomic E-state index is 13.7. The molecule has 1 fully saturated rings. The number of carbonyl (C=O) groups excluding carboxylic acids is 1. The van der Waals surface area contributed by atoms with Gasteiger partial charge in [0.25, 0.3) is 0 Å². The smallest absolute Gasteiger partial charge is 0.206 e. The molecule has 1 aromatic carbocycles. The van der Waals surface area contributed by atoms with Crippen LogP contribution in [0.15, 0.2) is 46.4 Å². The van der Waals surface area contributed by atoms with Gasteiger partial charge < -0.3 is 4.42 Å². The van der Waals surface area contributed by atoms with Gasteiger partial charge in [0.2, 0.25) is 5.78 Å². The lowest BCUT2D eigenvalue weighted by Crippen LogP contribution is -2.04. The largest absolute Gasteiger partial charge is 0.461 e. The Balaban J connectivity index is 1.87. The van der Waals surface area contributed by atoms with Crippen molar-refractivity contribution in [3.8, 4) is 6.07 Å². The van der Waals surface area contributed by atoms with Crippen LogP contribution in [0.5, 0.6) is 0 Å². The number of benzene rings is 1. The fourth-order valence-electron chi connectivity index (χ4n) is 2.45. The van der Waals surface area contributed by atoms with E-state index in [1.807, 2.05) is 12.1 Å². The minimum atomic E-state index is -0.640. The number of ketones is 1. The summed E-state index contributed by atoms with van der Waals surface area (Å²) in [6.45, 7) is 2.14. The van der Waals surface area contributed by atoms with Gasteiger partial charge in [0.15, 0.2) is 0 Å². The van der Waals surface area contributed by atoms with Crippen molar-refractivity contribution in [2.24, 2.45) is 5.92 Å². The topological polar surface area (TPSA) is 54.0 Å². The van der Waals surface area contributed by atoms with E-state index in [4.69, 9.17) is 4.42 Å². The molecule has 0 aliphatic heterocycles. The van der Waals surface area contributed by atoms with Crippen LogP contribution in [-0.2, 0) is 0 Å². The Morgan fingerprint density at radius 3 is 2.73 bits per heavy atom. The van der Waals surface area contributed by atoms with Crippen LogP contribution >= 0.6 is 0 Å². The zero-order chi connectivity index (χ0) is 15.7. The lowest BCUT2D eigenvalue weighted by Gasteiger charge is -2.00. The molecule has 0 amide bonds. The second-order valence-corrected chi connectivity index (χ2v) is 5.54. The van der Waals surface area contributed by atoms with E-state index in [2.05, 4.69) is 6.92 Å². The third kappa shape index (κ3) is 2.71. The minimum Gasteiger partial charge on any atom is -0.461 e. The zero-order valence-electron chi connectivity index (χ0n) is 12.0. The van der Waals surface area contributed by atoms with E-state index in [1.54, 1.807) is 12.1 Å². The molecule has 0 radical (unpaired) electrons. The van der Waals surface area contributed by atoms with E-state index in [1.165, 1.54) is 24.3 Å². The summed E-state index contributed by atoms with van der Waals surface area (Å²) in [6, 6.07) is 11.0. The molecule has 1 saturated carbocycles. The van der Waals surface area contributed by atoms with Gasteiger partial charge in [0.05, 0.1) is 5.56 Å². The molecule has 2 atom stereocenters. The quantitative estimate of drug-likeness (QED) is 0.479. The maximum Gasteiger partial charge on any atom is 0.206 e. The average molecular weight is 295 g/mol. The first-order valence-electron chi connectivity index (χ1n) is 7.11. The monoisotopic (exact) mass is 295 g/mol. The van der Waals surface area contributed by atoms with Gasteiger partial charge in [-0.25, -0.2) is 4.39 Å². The summed E-state index contributed by atoms with van der Waals surface area (Å²) in [5.74, 6) is 1.07. The van der Waals surface area contributed by atoms with Crippen LogP contribution in [0.3, 0.4) is 0 Å². The van der Waals surface area contributed by atoms with Crippen molar-refractivity contribution >= 4 is 11.9 Å². The number of halogens is 1. The number of Topliss-reactive ketones (excluding diaryl/α,β-unsaturated/α-hetero) is 1. The molecule has 22 heavy (non-hydrogen) atoms. The van der Waals surface area contributed by atoms with Crippen molar-refractivity contribution in [2.75, 3.05) is 0 Å². The Hall–Kier alpha value is -2.67. The molecule has 1 aliphatic carbocycles. The van der Waals surface area contributed by atoms with Crippen LogP contribution < -0.4 is 0 Å². The molecule has 2 aromatic rings. The number of nitriles is 1. The lowest BCUT2D eigenvalue weighted by molar-refractivity contribution is 0.103. The van der Waals surface area contributed by atoms with E-state index in [9.17, 15) is 14.4 Å². The second kappa shape index (κ2) is 5.61. The van der Waals surface area contributed by atoms with Crippen molar-refractivity contribution in [3.63, 3.8) is 0 Å². The van der Waals surface area contributed by atoms with Gasteiger partial charge in [0, 0.05) is 12.0 Å². The zero-order valence-corrected chi connectivity index (χ0v) is 12.0. The Labute approximate surface area is 127 Å². The molecular weight excluding hydrogens is 281 g/mol. The fourth-order valence-corrected chi connectivity index (χ4v) is 2.45. The highest BCUT2D eigenvalue weighted by atomic mass is 19.1. The number of hydrogen-bond acceptors (Lipinski definition) is 3. The van der Waals surface area contributed by atoms with Gasteiger partial charge in [-0.2, -0.15) is 5.26 Å². The van der Waals surface area contributed by atoms with Crippen molar-refractivity contribution < 1.29 is 13.6 Å². The Morgan fingerprint density at radius 2 is 2.09 bits per heavy atom. The molecule has 0 unspecified atom stereocenters. The van der Waals surface area contributed by atoms with Gasteiger partial charge >= 0.3 is 0 Å². The molecule has 1 aliphatic rings. The van der Waals surface area contributed by atoms with E-state index < -0.39 is 11.6 Å². The lowest BCUT2D eigenvalue weighted by atomic mass is 10.0. The van der Waals surface area contributed by atoms with Crippen LogP contribution in [0.2, 0.25) is 0 Å². The minimum absolute atomic E-state index is 0.113. The predicted octanol–water partition coefficient (Wildman–Crippen LogP) is 4.33. The highest BCUT2D eigenvalue weighted by molar-refractivity contribution is 6.14. The molecular formula is C18H14FNO2. The van der Waals surface area contributed by atoms with Gasteiger partial charge in [-0.15, -0.1) is 0 Å². The van der Waals surface area contributed by atoms with Crippen LogP contribution in [0.4, 0.5) is 4.39 Å². The molecule has 0 spiro atoms. The van der Waals surface area contributed by atoms with E-state index in [-0.39, 0.29) is 11.1 Å². The van der Waals surface area contributed by atoms with Crippen LogP contribution in [0.1, 0.15) is 41.1 Å². The van der Waals surface area contributed by atoms with Crippen LogP contribution in [0, 0.1) is 23.1 Å². The first kappa shape index (κ1) is 14.3. The molecule has 0 N–H and O–H groups in total. The van der Waals surface area contributed by atoms with E-state index in [0.29, 0.717) is 17.6 Å². The summed E-state index contributed by atoms with van der Waals surface area (Å²) in [7, 11) is 0. The normalized spacial score (nSPS) is 20.5. The summed E-state index contributed by atoms with van der Waals surface area (Å²) < 4.78 is 19.3. The third-order valence-electron chi connectivity index (χ3n) is 3.89. The van der Waals surface area contributed by atoms with Gasteiger partial charge in [-0.1, -0.05) is 19.1 Å². The number of nitrogens with zero attached hydrogens (tertiary/aromatic N) is 1. The molecule has 0 saturated heterocycles. The number of hydrogen-bond donors (Lipinski definition) is 0. The summed E-state index contributed by atoms with van der Waals surface area (Å²) in [5.41, 5.74) is -0.257. The van der Waals surface area contributed by atoms with E-state index in [0.717, 1.165) is 12.2 Å². The Morgan fingerprint density at radius 1 is 1.36 bits per heavy atom. The predicted molar refractivity (Wildman–Crippen MR) is 79.6 cm³/mol.